The molecule has 0 aromatic heterocycles. The van der Waals surface area contributed by atoms with Crippen molar-refractivity contribution >= 4 is 11.9 Å². The summed E-state index contributed by atoms with van der Waals surface area (Å²) in [5, 5.41) is 13.0. The molecule has 0 radical (unpaired) electrons. The Morgan fingerprint density at radius 2 is 1.58 bits per heavy atom. The van der Waals surface area contributed by atoms with Crippen LogP contribution in [-0.2, 0) is 19.1 Å². The van der Waals surface area contributed by atoms with Gasteiger partial charge in [0, 0.05) is 18.6 Å². The number of carboxylic acids is 1. The molecule has 3 aliphatic carbocycles. The summed E-state index contributed by atoms with van der Waals surface area (Å²) < 4.78 is 11.4. The third-order valence-electron chi connectivity index (χ3n) is 8.27. The predicted octanol–water partition coefficient (Wildman–Crippen LogP) is 5.19. The van der Waals surface area contributed by atoms with Crippen molar-refractivity contribution in [3.63, 3.8) is 0 Å². The van der Waals surface area contributed by atoms with Crippen LogP contribution in [0, 0.1) is 29.1 Å². The van der Waals surface area contributed by atoms with Gasteiger partial charge in [-0.05, 0) is 63.2 Å². The van der Waals surface area contributed by atoms with Crippen molar-refractivity contribution in [3.05, 3.63) is 0 Å². The van der Waals surface area contributed by atoms with Gasteiger partial charge in [-0.2, -0.15) is 0 Å². The standard InChI is InChI=1S/C27H47NO5/c1-27(2,17-32-3)18-33-22-12-10-21(11-13-22)28-25(29)24-16-20(9-14-23(24)26(30)31)15-19-7-5-4-6-8-19/h19-24H,4-18H2,1-3H3,(H,28,29)(H,30,31). The van der Waals surface area contributed by atoms with E-state index in [2.05, 4.69) is 19.2 Å². The number of carboxylic acid groups (broad SMARTS) is 1. The van der Waals surface area contributed by atoms with E-state index < -0.39 is 11.9 Å². The van der Waals surface area contributed by atoms with Crippen molar-refractivity contribution in [2.75, 3.05) is 20.3 Å². The molecule has 2 N–H and O–H groups in total. The van der Waals surface area contributed by atoms with E-state index in [0.717, 1.165) is 44.4 Å². The Kier molecular flexibility index (Phi) is 10.0. The molecule has 0 aliphatic heterocycles. The van der Waals surface area contributed by atoms with Gasteiger partial charge in [-0.25, -0.2) is 0 Å². The number of amides is 1. The Balaban J connectivity index is 1.46. The van der Waals surface area contributed by atoms with Gasteiger partial charge in [-0.15, -0.1) is 0 Å². The molecular weight excluding hydrogens is 418 g/mol. The van der Waals surface area contributed by atoms with E-state index in [1.165, 1.54) is 38.5 Å². The van der Waals surface area contributed by atoms with Crippen molar-refractivity contribution in [1.82, 2.24) is 5.32 Å². The average Bonchev–Trinajstić information content (AvgIpc) is 2.79. The number of carbonyl (C=O) groups excluding carboxylic acids is 1. The molecule has 3 fully saturated rings. The van der Waals surface area contributed by atoms with Crippen LogP contribution in [0.2, 0.25) is 0 Å². The zero-order chi connectivity index (χ0) is 23.8. The van der Waals surface area contributed by atoms with Crippen LogP contribution < -0.4 is 5.32 Å². The highest BCUT2D eigenvalue weighted by molar-refractivity contribution is 5.85. The highest BCUT2D eigenvalue weighted by Gasteiger charge is 2.40. The minimum absolute atomic E-state index is 0.000801. The molecule has 6 nitrogen and oxygen atoms in total. The second-order valence-corrected chi connectivity index (χ2v) is 11.9. The van der Waals surface area contributed by atoms with Gasteiger partial charge < -0.3 is 19.9 Å². The molecule has 0 spiro atoms. The first-order valence-electron chi connectivity index (χ1n) is 13.4. The molecule has 1 amide bonds. The van der Waals surface area contributed by atoms with Gasteiger partial charge in [-0.1, -0.05) is 46.0 Å². The molecule has 3 saturated carbocycles. The number of aliphatic carboxylic acids is 1. The third kappa shape index (κ3) is 8.24. The largest absolute Gasteiger partial charge is 0.481 e. The average molecular weight is 466 g/mol. The second kappa shape index (κ2) is 12.5. The Hall–Kier alpha value is -1.14. The predicted molar refractivity (Wildman–Crippen MR) is 129 cm³/mol. The normalized spacial score (nSPS) is 31.8. The van der Waals surface area contributed by atoms with E-state index in [0.29, 0.717) is 25.6 Å². The topological polar surface area (TPSA) is 84.9 Å². The van der Waals surface area contributed by atoms with Crippen LogP contribution in [0.25, 0.3) is 0 Å². The summed E-state index contributed by atoms with van der Waals surface area (Å²) in [7, 11) is 1.72. The summed E-state index contributed by atoms with van der Waals surface area (Å²) in [6.07, 6.45) is 14.1. The van der Waals surface area contributed by atoms with Gasteiger partial charge in [-0.3, -0.25) is 9.59 Å². The van der Waals surface area contributed by atoms with Crippen molar-refractivity contribution < 1.29 is 24.2 Å². The number of carbonyl (C=O) groups is 2. The van der Waals surface area contributed by atoms with Gasteiger partial charge >= 0.3 is 5.97 Å². The van der Waals surface area contributed by atoms with Crippen molar-refractivity contribution in [2.24, 2.45) is 29.1 Å². The van der Waals surface area contributed by atoms with Crippen molar-refractivity contribution in [1.29, 1.82) is 0 Å². The molecule has 3 rings (SSSR count). The zero-order valence-corrected chi connectivity index (χ0v) is 21.2. The maximum atomic E-state index is 13.2. The van der Waals surface area contributed by atoms with E-state index >= 15 is 0 Å². The van der Waals surface area contributed by atoms with Crippen LogP contribution in [-0.4, -0.2) is 49.5 Å². The molecule has 190 valence electrons. The number of ether oxygens (including phenoxy) is 2. The maximum Gasteiger partial charge on any atom is 0.307 e. The quantitative estimate of drug-likeness (QED) is 0.464. The fourth-order valence-electron chi connectivity index (χ4n) is 6.41. The minimum Gasteiger partial charge on any atom is -0.481 e. The summed E-state index contributed by atoms with van der Waals surface area (Å²) in [5.41, 5.74) is 0.000801. The molecular formula is C27H47NO5. The monoisotopic (exact) mass is 465 g/mol. The van der Waals surface area contributed by atoms with E-state index in [9.17, 15) is 14.7 Å². The fourth-order valence-corrected chi connectivity index (χ4v) is 6.41. The summed E-state index contributed by atoms with van der Waals surface area (Å²) in [5.74, 6) is -0.468. The SMILES string of the molecule is COCC(C)(C)COC1CCC(NC(=O)C2CC(CC3CCCCC3)CCC2C(=O)O)CC1. The lowest BCUT2D eigenvalue weighted by Gasteiger charge is -2.37. The molecule has 0 aromatic carbocycles. The maximum absolute atomic E-state index is 13.2. The summed E-state index contributed by atoms with van der Waals surface area (Å²) in [6, 6.07) is 0.137. The van der Waals surface area contributed by atoms with Crippen LogP contribution in [0.5, 0.6) is 0 Å². The Labute approximate surface area is 200 Å². The second-order valence-electron chi connectivity index (χ2n) is 11.9. The van der Waals surface area contributed by atoms with Gasteiger partial charge in [0.15, 0.2) is 0 Å². The minimum atomic E-state index is -0.804. The van der Waals surface area contributed by atoms with Crippen molar-refractivity contribution in [3.8, 4) is 0 Å². The molecule has 6 heteroatoms. The summed E-state index contributed by atoms with van der Waals surface area (Å²) >= 11 is 0. The van der Waals surface area contributed by atoms with Crippen LogP contribution in [0.4, 0.5) is 0 Å². The lowest BCUT2D eigenvalue weighted by molar-refractivity contribution is -0.150. The molecule has 0 aromatic rings. The van der Waals surface area contributed by atoms with Crippen LogP contribution in [0.1, 0.15) is 97.3 Å². The van der Waals surface area contributed by atoms with Gasteiger partial charge in [0.05, 0.1) is 31.2 Å². The van der Waals surface area contributed by atoms with E-state index in [-0.39, 0.29) is 29.4 Å². The number of hydrogen-bond donors (Lipinski definition) is 2. The molecule has 0 saturated heterocycles. The highest BCUT2D eigenvalue weighted by atomic mass is 16.5. The van der Waals surface area contributed by atoms with Crippen molar-refractivity contribution in [2.45, 2.75) is 109 Å². The van der Waals surface area contributed by atoms with Gasteiger partial charge in [0.1, 0.15) is 0 Å². The number of rotatable bonds is 10. The fraction of sp³-hybridized carbons (Fsp3) is 0.926. The first-order chi connectivity index (χ1) is 15.8. The number of methoxy groups -OCH3 is 1. The van der Waals surface area contributed by atoms with E-state index in [1.54, 1.807) is 7.11 Å². The molecule has 0 heterocycles. The Bertz CT molecular complexity index is 622. The van der Waals surface area contributed by atoms with Gasteiger partial charge in [0.2, 0.25) is 5.91 Å². The summed E-state index contributed by atoms with van der Waals surface area (Å²) in [6.45, 7) is 5.64. The lowest BCUT2D eigenvalue weighted by Crippen LogP contribution is -2.47. The first kappa shape index (κ1) is 26.5. The molecule has 0 bridgehead atoms. The van der Waals surface area contributed by atoms with E-state index in [1.807, 2.05) is 0 Å². The summed E-state index contributed by atoms with van der Waals surface area (Å²) in [4.78, 5) is 25.1. The third-order valence-corrected chi connectivity index (χ3v) is 8.27. The van der Waals surface area contributed by atoms with Crippen LogP contribution >= 0.6 is 0 Å². The molecule has 33 heavy (non-hydrogen) atoms. The Morgan fingerprint density at radius 1 is 0.879 bits per heavy atom. The molecule has 3 aliphatic rings. The van der Waals surface area contributed by atoms with E-state index in [4.69, 9.17) is 9.47 Å². The first-order valence-corrected chi connectivity index (χ1v) is 13.4. The zero-order valence-electron chi connectivity index (χ0n) is 21.2. The lowest BCUT2D eigenvalue weighted by atomic mass is 9.69. The number of nitrogens with one attached hydrogen (secondary N) is 1. The Morgan fingerprint density at radius 3 is 2.21 bits per heavy atom. The molecule has 3 unspecified atom stereocenters. The van der Waals surface area contributed by atoms with Crippen LogP contribution in [0.15, 0.2) is 0 Å². The van der Waals surface area contributed by atoms with Gasteiger partial charge in [0.25, 0.3) is 0 Å². The highest BCUT2D eigenvalue weighted by Crippen LogP contribution is 2.40. The van der Waals surface area contributed by atoms with Crippen LogP contribution in [0.3, 0.4) is 0 Å². The number of hydrogen-bond acceptors (Lipinski definition) is 4. The smallest absolute Gasteiger partial charge is 0.307 e. The molecule has 3 atom stereocenters.